The van der Waals surface area contributed by atoms with E-state index < -0.39 is 15.8 Å². The van der Waals surface area contributed by atoms with Gasteiger partial charge in [-0.3, -0.25) is 0 Å². The minimum absolute atomic E-state index is 0.110. The first-order valence-corrected chi connectivity index (χ1v) is 9.63. The quantitative estimate of drug-likeness (QED) is 0.799. The fraction of sp³-hybridized carbons (Fsp3) is 0.538. The Hall–Kier alpha value is -0.500. The van der Waals surface area contributed by atoms with Crippen LogP contribution < -0.4 is 10.5 Å². The van der Waals surface area contributed by atoms with Crippen molar-refractivity contribution in [3.8, 4) is 0 Å². The Bertz CT molecular complexity index is 625. The molecular weight excluding hydrogens is 335 g/mol. The van der Waals surface area contributed by atoms with Crippen LogP contribution in [0.5, 0.6) is 0 Å². The van der Waals surface area contributed by atoms with Gasteiger partial charge in [0.25, 0.3) is 0 Å². The molecule has 0 radical (unpaired) electrons. The largest absolute Gasteiger partial charge is 0.396 e. The van der Waals surface area contributed by atoms with Gasteiger partial charge in [0.05, 0.1) is 10.7 Å². The van der Waals surface area contributed by atoms with Gasteiger partial charge in [-0.05, 0) is 37.1 Å². The molecule has 2 rings (SSSR count). The molecule has 0 aromatic heterocycles. The number of nitrogens with one attached hydrogen (secondary N) is 1. The van der Waals surface area contributed by atoms with E-state index in [1.807, 2.05) is 11.8 Å². The van der Waals surface area contributed by atoms with Crippen molar-refractivity contribution in [2.45, 2.75) is 42.4 Å². The van der Waals surface area contributed by atoms with Crippen molar-refractivity contribution in [2.75, 3.05) is 11.5 Å². The molecule has 4 nitrogen and oxygen atoms in total. The highest BCUT2D eigenvalue weighted by molar-refractivity contribution is 7.99. The van der Waals surface area contributed by atoms with E-state index in [1.165, 1.54) is 0 Å². The van der Waals surface area contributed by atoms with E-state index in [0.717, 1.165) is 37.1 Å². The van der Waals surface area contributed by atoms with E-state index in [9.17, 15) is 12.8 Å². The van der Waals surface area contributed by atoms with Gasteiger partial charge in [0.15, 0.2) is 0 Å². The Morgan fingerprint density at radius 2 is 2.19 bits per heavy atom. The molecule has 1 aliphatic rings. The highest BCUT2D eigenvalue weighted by Crippen LogP contribution is 2.32. The molecule has 0 amide bonds. The van der Waals surface area contributed by atoms with Crippen molar-refractivity contribution in [3.63, 3.8) is 0 Å². The van der Waals surface area contributed by atoms with Crippen molar-refractivity contribution in [1.82, 2.24) is 4.72 Å². The molecule has 1 aromatic carbocycles. The molecule has 1 saturated carbocycles. The predicted octanol–water partition coefficient (Wildman–Crippen LogP) is 3.01. The van der Waals surface area contributed by atoms with E-state index in [0.29, 0.717) is 5.25 Å². The van der Waals surface area contributed by atoms with Crippen LogP contribution in [0.1, 0.15) is 26.2 Å². The van der Waals surface area contributed by atoms with Crippen LogP contribution in [-0.2, 0) is 10.0 Å². The van der Waals surface area contributed by atoms with Gasteiger partial charge in [-0.25, -0.2) is 17.5 Å². The number of nitrogens with two attached hydrogens (primary N) is 1. The zero-order valence-corrected chi connectivity index (χ0v) is 14.0. The summed E-state index contributed by atoms with van der Waals surface area (Å²) in [5.41, 5.74) is 5.20. The van der Waals surface area contributed by atoms with Crippen LogP contribution >= 0.6 is 23.4 Å². The monoisotopic (exact) mass is 352 g/mol. The molecule has 2 unspecified atom stereocenters. The van der Waals surface area contributed by atoms with Crippen molar-refractivity contribution >= 4 is 39.1 Å². The second-order valence-electron chi connectivity index (χ2n) is 5.01. The number of rotatable bonds is 5. The lowest BCUT2D eigenvalue weighted by atomic mass is 10.3. The Labute approximate surface area is 133 Å². The van der Waals surface area contributed by atoms with Gasteiger partial charge in [-0.15, -0.1) is 0 Å². The SMILES string of the molecule is CCSC1CCC(NS(=O)(=O)c2cc(N)c(F)cc2Cl)C1. The van der Waals surface area contributed by atoms with Crippen LogP contribution in [-0.4, -0.2) is 25.5 Å². The average Bonchev–Trinajstić information content (AvgIpc) is 2.80. The number of benzene rings is 1. The number of nitrogen functional groups attached to an aromatic ring is 1. The molecule has 0 saturated heterocycles. The van der Waals surface area contributed by atoms with Gasteiger partial charge >= 0.3 is 0 Å². The summed E-state index contributed by atoms with van der Waals surface area (Å²) in [5, 5.41) is 0.322. The summed E-state index contributed by atoms with van der Waals surface area (Å²) in [5.74, 6) is 0.295. The molecule has 2 atom stereocenters. The molecule has 0 bridgehead atoms. The summed E-state index contributed by atoms with van der Waals surface area (Å²) in [6.07, 6.45) is 2.59. The second kappa shape index (κ2) is 6.73. The van der Waals surface area contributed by atoms with Gasteiger partial charge in [0.2, 0.25) is 10.0 Å². The number of hydrogen-bond donors (Lipinski definition) is 2. The van der Waals surface area contributed by atoms with E-state index in [2.05, 4.69) is 11.6 Å². The third-order valence-electron chi connectivity index (χ3n) is 3.45. The molecule has 1 aromatic rings. The summed E-state index contributed by atoms with van der Waals surface area (Å²) in [7, 11) is -3.79. The number of sulfonamides is 1. The van der Waals surface area contributed by atoms with Crippen LogP contribution in [0.15, 0.2) is 17.0 Å². The molecule has 3 N–H and O–H groups in total. The standard InChI is InChI=1S/C13H18ClFN2O2S2/c1-2-20-9-4-3-8(5-9)17-21(18,19)13-7-12(16)11(15)6-10(13)14/h6-9,17H,2-5,16H2,1H3. The van der Waals surface area contributed by atoms with E-state index >= 15 is 0 Å². The fourth-order valence-corrected chi connectivity index (χ4v) is 5.44. The molecular formula is C13H18ClFN2O2S2. The molecule has 8 heteroatoms. The fourth-order valence-electron chi connectivity index (χ4n) is 2.47. The Morgan fingerprint density at radius 3 is 2.86 bits per heavy atom. The molecule has 1 aliphatic carbocycles. The van der Waals surface area contributed by atoms with Crippen LogP contribution in [0, 0.1) is 5.82 Å². The third-order valence-corrected chi connectivity index (χ3v) is 6.67. The van der Waals surface area contributed by atoms with Crippen LogP contribution in [0.4, 0.5) is 10.1 Å². The lowest BCUT2D eigenvalue weighted by Gasteiger charge is -2.15. The maximum atomic E-state index is 13.3. The Morgan fingerprint density at radius 1 is 1.48 bits per heavy atom. The Balaban J connectivity index is 2.14. The van der Waals surface area contributed by atoms with Crippen LogP contribution in [0.2, 0.25) is 5.02 Å². The van der Waals surface area contributed by atoms with E-state index in [1.54, 1.807) is 0 Å². The summed E-state index contributed by atoms with van der Waals surface area (Å²) in [6.45, 7) is 2.09. The minimum Gasteiger partial charge on any atom is -0.396 e. The zero-order chi connectivity index (χ0) is 15.6. The van der Waals surface area contributed by atoms with E-state index in [-0.39, 0.29) is 21.6 Å². The normalized spacial score (nSPS) is 22.6. The number of thioether (sulfide) groups is 1. The van der Waals surface area contributed by atoms with Gasteiger partial charge < -0.3 is 5.73 Å². The summed E-state index contributed by atoms with van der Waals surface area (Å²) < 4.78 is 40.6. The highest BCUT2D eigenvalue weighted by atomic mass is 35.5. The molecule has 0 heterocycles. The van der Waals surface area contributed by atoms with Crippen LogP contribution in [0.3, 0.4) is 0 Å². The molecule has 118 valence electrons. The van der Waals surface area contributed by atoms with Crippen LogP contribution in [0.25, 0.3) is 0 Å². The third kappa shape index (κ3) is 4.03. The maximum Gasteiger partial charge on any atom is 0.242 e. The van der Waals surface area contributed by atoms with Crippen molar-refractivity contribution < 1.29 is 12.8 Å². The summed E-state index contributed by atoms with van der Waals surface area (Å²) in [4.78, 5) is -0.172. The van der Waals surface area contributed by atoms with Crippen molar-refractivity contribution in [2.24, 2.45) is 0 Å². The molecule has 1 fully saturated rings. The van der Waals surface area contributed by atoms with E-state index in [4.69, 9.17) is 17.3 Å². The molecule has 21 heavy (non-hydrogen) atoms. The van der Waals surface area contributed by atoms with Crippen molar-refractivity contribution in [1.29, 1.82) is 0 Å². The zero-order valence-electron chi connectivity index (χ0n) is 11.6. The second-order valence-corrected chi connectivity index (χ2v) is 8.68. The Kier molecular flexibility index (Phi) is 5.40. The first-order valence-electron chi connectivity index (χ1n) is 6.72. The van der Waals surface area contributed by atoms with Gasteiger partial charge in [-0.1, -0.05) is 18.5 Å². The molecule has 0 spiro atoms. The van der Waals surface area contributed by atoms with Crippen molar-refractivity contribution in [3.05, 3.63) is 23.0 Å². The van der Waals surface area contributed by atoms with Gasteiger partial charge in [0, 0.05) is 11.3 Å². The van der Waals surface area contributed by atoms with Gasteiger partial charge in [0.1, 0.15) is 10.7 Å². The highest BCUT2D eigenvalue weighted by Gasteiger charge is 2.30. The van der Waals surface area contributed by atoms with Gasteiger partial charge in [-0.2, -0.15) is 11.8 Å². The molecule has 0 aliphatic heterocycles. The number of halogens is 2. The predicted molar refractivity (Wildman–Crippen MR) is 85.7 cm³/mol. The smallest absolute Gasteiger partial charge is 0.242 e. The maximum absolute atomic E-state index is 13.3. The first-order chi connectivity index (χ1) is 9.83. The topological polar surface area (TPSA) is 72.2 Å². The lowest BCUT2D eigenvalue weighted by molar-refractivity contribution is 0.552. The minimum atomic E-state index is -3.79. The summed E-state index contributed by atoms with van der Waals surface area (Å²) >= 11 is 7.67. The number of anilines is 1. The lowest BCUT2D eigenvalue weighted by Crippen LogP contribution is -2.33. The average molecular weight is 353 g/mol. The number of hydrogen-bond acceptors (Lipinski definition) is 4. The summed E-state index contributed by atoms with van der Waals surface area (Å²) in [6, 6.07) is 1.88. The first kappa shape index (κ1) is 16.9.